The Kier molecular flexibility index (Phi) is 5.25. The topological polar surface area (TPSA) is 32.3 Å². The van der Waals surface area contributed by atoms with Gasteiger partial charge < -0.3 is 10.4 Å². The Balaban J connectivity index is 1.72. The van der Waals surface area contributed by atoms with Gasteiger partial charge in [-0.25, -0.2) is 0 Å². The van der Waals surface area contributed by atoms with Gasteiger partial charge in [-0.15, -0.1) is 11.3 Å². The third-order valence-electron chi connectivity index (χ3n) is 3.05. The summed E-state index contributed by atoms with van der Waals surface area (Å²) in [4.78, 5) is 1.27. The first-order chi connectivity index (χ1) is 9.13. The van der Waals surface area contributed by atoms with Gasteiger partial charge in [0.15, 0.2) is 0 Å². The lowest BCUT2D eigenvalue weighted by Gasteiger charge is -2.13. The normalized spacial score (nSPS) is 12.5. The highest BCUT2D eigenvalue weighted by Crippen LogP contribution is 2.19. The van der Waals surface area contributed by atoms with Crippen LogP contribution < -0.4 is 5.32 Å². The van der Waals surface area contributed by atoms with Gasteiger partial charge in [0.2, 0.25) is 0 Å². The van der Waals surface area contributed by atoms with E-state index in [0.717, 1.165) is 24.4 Å². The fourth-order valence-electron chi connectivity index (χ4n) is 1.87. The molecule has 0 aliphatic carbocycles. The quantitative estimate of drug-likeness (QED) is 0.836. The number of thiophene rings is 1. The van der Waals surface area contributed by atoms with Gasteiger partial charge in [-0.1, -0.05) is 23.7 Å². The van der Waals surface area contributed by atoms with Crippen LogP contribution in [-0.4, -0.2) is 11.1 Å². The van der Waals surface area contributed by atoms with Crippen molar-refractivity contribution in [3.63, 3.8) is 0 Å². The molecule has 0 spiro atoms. The van der Waals surface area contributed by atoms with E-state index in [0.29, 0.717) is 11.8 Å². The van der Waals surface area contributed by atoms with E-state index in [-0.39, 0.29) is 0 Å². The third kappa shape index (κ3) is 4.86. The Morgan fingerprint density at radius 3 is 2.68 bits per heavy atom. The molecule has 0 aliphatic heterocycles. The molecule has 1 aromatic carbocycles. The van der Waals surface area contributed by atoms with Crippen LogP contribution in [0.5, 0.6) is 5.75 Å². The molecule has 1 unspecified atom stereocenters. The number of rotatable bonds is 6. The Labute approximate surface area is 123 Å². The van der Waals surface area contributed by atoms with Crippen LogP contribution in [0.2, 0.25) is 5.02 Å². The van der Waals surface area contributed by atoms with Crippen molar-refractivity contribution in [3.05, 3.63) is 51.2 Å². The van der Waals surface area contributed by atoms with Gasteiger partial charge in [-0.2, -0.15) is 0 Å². The summed E-state index contributed by atoms with van der Waals surface area (Å²) < 4.78 is 0. The fraction of sp³-hybridized carbons (Fsp3) is 0.333. The van der Waals surface area contributed by atoms with Crippen LogP contribution in [0, 0.1) is 0 Å². The molecule has 0 radical (unpaired) electrons. The van der Waals surface area contributed by atoms with E-state index < -0.39 is 0 Å². The molecule has 0 saturated heterocycles. The van der Waals surface area contributed by atoms with Crippen LogP contribution in [0.15, 0.2) is 35.7 Å². The molecule has 0 saturated carbocycles. The second-order valence-electron chi connectivity index (χ2n) is 4.72. The smallest absolute Gasteiger partial charge is 0.115 e. The van der Waals surface area contributed by atoms with E-state index in [1.165, 1.54) is 10.4 Å². The zero-order valence-electron chi connectivity index (χ0n) is 10.9. The molecule has 2 nitrogen and oxygen atoms in total. The van der Waals surface area contributed by atoms with Gasteiger partial charge in [0.25, 0.3) is 0 Å². The van der Waals surface area contributed by atoms with Crippen molar-refractivity contribution in [2.75, 3.05) is 0 Å². The molecule has 19 heavy (non-hydrogen) atoms. The van der Waals surface area contributed by atoms with Crippen molar-refractivity contribution in [2.45, 2.75) is 32.4 Å². The Hall–Kier alpha value is -1.03. The van der Waals surface area contributed by atoms with Crippen LogP contribution in [0.25, 0.3) is 0 Å². The van der Waals surface area contributed by atoms with Gasteiger partial charge in [-0.05, 0) is 43.5 Å². The van der Waals surface area contributed by atoms with Crippen LogP contribution in [0.1, 0.15) is 23.8 Å². The number of phenolic OH excluding ortho intramolecular Hbond substituents is 1. The number of halogens is 1. The minimum Gasteiger partial charge on any atom is -0.508 e. The third-order valence-corrected chi connectivity index (χ3v) is 4.33. The van der Waals surface area contributed by atoms with Crippen molar-refractivity contribution in [1.82, 2.24) is 5.32 Å². The van der Waals surface area contributed by atoms with Gasteiger partial charge in [0.05, 0.1) is 5.02 Å². The molecule has 1 heterocycles. The highest BCUT2D eigenvalue weighted by Gasteiger charge is 2.04. The number of benzene rings is 1. The Morgan fingerprint density at radius 1 is 1.32 bits per heavy atom. The lowest BCUT2D eigenvalue weighted by molar-refractivity contribution is 0.474. The number of hydrogen-bond donors (Lipinski definition) is 2. The molecule has 1 atom stereocenters. The van der Waals surface area contributed by atoms with Crippen LogP contribution in [0.4, 0.5) is 0 Å². The highest BCUT2D eigenvalue weighted by molar-refractivity contribution is 7.10. The largest absolute Gasteiger partial charge is 0.508 e. The predicted molar refractivity (Wildman–Crippen MR) is 82.1 cm³/mol. The maximum absolute atomic E-state index is 9.22. The molecule has 2 N–H and O–H groups in total. The standard InChI is InChI=1S/C15H18ClNOS/c1-11(17-9-15-8-13(16)10-19-15)2-3-12-4-6-14(18)7-5-12/h4-8,10-11,17-18H,2-3,9H2,1H3. The summed E-state index contributed by atoms with van der Waals surface area (Å²) in [7, 11) is 0. The number of hydrogen-bond acceptors (Lipinski definition) is 3. The zero-order chi connectivity index (χ0) is 13.7. The minimum absolute atomic E-state index is 0.324. The van der Waals surface area contributed by atoms with Crippen molar-refractivity contribution in [2.24, 2.45) is 0 Å². The number of nitrogens with one attached hydrogen (secondary N) is 1. The molecule has 1 aromatic heterocycles. The first-order valence-electron chi connectivity index (χ1n) is 6.37. The summed E-state index contributed by atoms with van der Waals surface area (Å²) in [6.45, 7) is 3.06. The van der Waals surface area contributed by atoms with Gasteiger partial charge in [0, 0.05) is 22.8 Å². The highest BCUT2D eigenvalue weighted by atomic mass is 35.5. The lowest BCUT2D eigenvalue weighted by Crippen LogP contribution is -2.25. The fourth-order valence-corrected chi connectivity index (χ4v) is 2.89. The number of aryl methyl sites for hydroxylation is 1. The van der Waals surface area contributed by atoms with Crippen LogP contribution >= 0.6 is 22.9 Å². The first kappa shape index (κ1) is 14.4. The van der Waals surface area contributed by atoms with Gasteiger partial charge in [-0.3, -0.25) is 0 Å². The van der Waals surface area contributed by atoms with Crippen molar-refractivity contribution in [1.29, 1.82) is 0 Å². The van der Waals surface area contributed by atoms with Crippen LogP contribution in [0.3, 0.4) is 0 Å². The van der Waals surface area contributed by atoms with Gasteiger partial charge >= 0.3 is 0 Å². The summed E-state index contributed by atoms with van der Waals surface area (Å²) in [5.74, 6) is 0.324. The Morgan fingerprint density at radius 2 is 2.05 bits per heavy atom. The molecule has 0 amide bonds. The predicted octanol–water partition coefficient (Wildman–Crippen LogP) is 4.22. The first-order valence-corrected chi connectivity index (χ1v) is 7.63. The van der Waals surface area contributed by atoms with E-state index in [1.807, 2.05) is 23.6 Å². The summed E-state index contributed by atoms with van der Waals surface area (Å²) in [6.07, 6.45) is 2.09. The zero-order valence-corrected chi connectivity index (χ0v) is 12.5. The molecule has 2 aromatic rings. The molecular formula is C15H18ClNOS. The average Bonchev–Trinajstić information content (AvgIpc) is 2.81. The van der Waals surface area contributed by atoms with E-state index >= 15 is 0 Å². The van der Waals surface area contributed by atoms with Crippen LogP contribution in [-0.2, 0) is 13.0 Å². The Bertz CT molecular complexity index is 509. The lowest BCUT2D eigenvalue weighted by atomic mass is 10.1. The summed E-state index contributed by atoms with van der Waals surface area (Å²) >= 11 is 7.58. The molecule has 2 rings (SSSR count). The average molecular weight is 296 g/mol. The summed E-state index contributed by atoms with van der Waals surface area (Å²) in [5.41, 5.74) is 1.26. The molecular weight excluding hydrogens is 278 g/mol. The van der Waals surface area contributed by atoms with Crippen molar-refractivity contribution >= 4 is 22.9 Å². The van der Waals surface area contributed by atoms with Crippen molar-refractivity contribution < 1.29 is 5.11 Å². The van der Waals surface area contributed by atoms with E-state index in [1.54, 1.807) is 23.5 Å². The second kappa shape index (κ2) is 6.94. The van der Waals surface area contributed by atoms with E-state index in [2.05, 4.69) is 12.2 Å². The number of aromatic hydroxyl groups is 1. The molecule has 4 heteroatoms. The summed E-state index contributed by atoms with van der Waals surface area (Å²) in [6, 6.07) is 9.88. The van der Waals surface area contributed by atoms with E-state index in [9.17, 15) is 5.11 Å². The second-order valence-corrected chi connectivity index (χ2v) is 6.15. The summed E-state index contributed by atoms with van der Waals surface area (Å²) in [5, 5.41) is 15.5. The monoisotopic (exact) mass is 295 g/mol. The maximum atomic E-state index is 9.22. The van der Waals surface area contributed by atoms with Crippen molar-refractivity contribution in [3.8, 4) is 5.75 Å². The minimum atomic E-state index is 0.324. The number of phenols is 1. The molecule has 0 fully saturated rings. The molecule has 0 aliphatic rings. The maximum Gasteiger partial charge on any atom is 0.115 e. The molecule has 0 bridgehead atoms. The SMILES string of the molecule is CC(CCc1ccc(O)cc1)NCc1cc(Cl)cs1. The van der Waals surface area contributed by atoms with E-state index in [4.69, 9.17) is 11.6 Å². The molecule has 102 valence electrons. The van der Waals surface area contributed by atoms with Gasteiger partial charge in [0.1, 0.15) is 5.75 Å².